The monoisotopic (exact) mass is 203 g/mol. The van der Waals surface area contributed by atoms with E-state index >= 15 is 0 Å². The van der Waals surface area contributed by atoms with Crippen LogP contribution in [0.5, 0.6) is 0 Å². The number of nitrogens with two attached hydrogens (primary N) is 1. The maximum atomic E-state index is 13.3. The van der Waals surface area contributed by atoms with Gasteiger partial charge in [-0.1, -0.05) is 6.42 Å². The maximum absolute atomic E-state index is 13.3. The molecule has 0 radical (unpaired) electrons. The minimum atomic E-state index is -2.39. The van der Waals surface area contributed by atoms with Crippen molar-refractivity contribution in [1.29, 1.82) is 0 Å². The summed E-state index contributed by atoms with van der Waals surface area (Å²) in [5.74, 6) is -1.39. The molecule has 0 spiro atoms. The number of alkyl halides is 2. The highest BCUT2D eigenvalue weighted by Crippen LogP contribution is 2.51. The van der Waals surface area contributed by atoms with Crippen LogP contribution < -0.4 is 5.73 Å². The summed E-state index contributed by atoms with van der Waals surface area (Å²) >= 11 is 0. The molecule has 2 aliphatic rings. The van der Waals surface area contributed by atoms with Gasteiger partial charge in [0.2, 0.25) is 5.92 Å². The molecule has 0 aliphatic heterocycles. The Morgan fingerprint density at radius 2 is 1.71 bits per heavy atom. The summed E-state index contributed by atoms with van der Waals surface area (Å²) in [6.45, 7) is 0.656. The quantitative estimate of drug-likeness (QED) is 0.733. The van der Waals surface area contributed by atoms with Crippen molar-refractivity contribution in [3.63, 3.8) is 0 Å². The summed E-state index contributed by atoms with van der Waals surface area (Å²) in [6, 6.07) is 0. The summed E-state index contributed by atoms with van der Waals surface area (Å²) < 4.78 is 26.6. The molecule has 2 atom stereocenters. The van der Waals surface area contributed by atoms with Crippen molar-refractivity contribution in [3.05, 3.63) is 0 Å². The molecule has 2 N–H and O–H groups in total. The Morgan fingerprint density at radius 1 is 1.14 bits per heavy atom. The lowest BCUT2D eigenvalue weighted by Crippen LogP contribution is -2.42. The van der Waals surface area contributed by atoms with Gasteiger partial charge in [0.15, 0.2) is 0 Å². The van der Waals surface area contributed by atoms with E-state index in [-0.39, 0.29) is 24.7 Å². The molecule has 82 valence electrons. The molecule has 14 heavy (non-hydrogen) atoms. The van der Waals surface area contributed by atoms with E-state index < -0.39 is 5.92 Å². The van der Waals surface area contributed by atoms with E-state index in [1.54, 1.807) is 0 Å². The molecule has 2 unspecified atom stereocenters. The number of hydrogen-bond donors (Lipinski definition) is 1. The normalized spacial score (nSPS) is 40.9. The number of fused-ring (bicyclic) bond motifs is 2. The molecule has 2 rings (SSSR count). The van der Waals surface area contributed by atoms with E-state index in [0.717, 1.165) is 25.7 Å². The first-order chi connectivity index (χ1) is 6.62. The number of rotatable bonds is 2. The van der Waals surface area contributed by atoms with Crippen LogP contribution in [-0.2, 0) is 0 Å². The second-order valence-corrected chi connectivity index (χ2v) is 4.96. The molecule has 3 heteroatoms. The van der Waals surface area contributed by atoms with Gasteiger partial charge in [0.05, 0.1) is 0 Å². The summed E-state index contributed by atoms with van der Waals surface area (Å²) in [5, 5.41) is 0. The van der Waals surface area contributed by atoms with Gasteiger partial charge in [0.1, 0.15) is 0 Å². The van der Waals surface area contributed by atoms with E-state index in [2.05, 4.69) is 0 Å². The van der Waals surface area contributed by atoms with Crippen LogP contribution in [0.3, 0.4) is 0 Å². The zero-order valence-corrected chi connectivity index (χ0v) is 8.52. The minimum absolute atomic E-state index is 0.119. The summed E-state index contributed by atoms with van der Waals surface area (Å²) in [6.07, 6.45) is 4.33. The van der Waals surface area contributed by atoms with Crippen molar-refractivity contribution in [2.24, 2.45) is 23.5 Å². The molecule has 0 aromatic heterocycles. The number of halogens is 2. The zero-order valence-electron chi connectivity index (χ0n) is 8.52. The molecule has 0 aromatic carbocycles. The van der Waals surface area contributed by atoms with Crippen LogP contribution in [-0.4, -0.2) is 12.5 Å². The van der Waals surface area contributed by atoms with Crippen molar-refractivity contribution < 1.29 is 8.78 Å². The molecule has 0 saturated heterocycles. The fraction of sp³-hybridized carbons (Fsp3) is 1.00. The Balaban J connectivity index is 2.07. The van der Waals surface area contributed by atoms with Crippen molar-refractivity contribution >= 4 is 0 Å². The third-order valence-corrected chi connectivity index (χ3v) is 3.98. The van der Waals surface area contributed by atoms with E-state index in [4.69, 9.17) is 5.73 Å². The first kappa shape index (κ1) is 10.3. The topological polar surface area (TPSA) is 26.0 Å². The fourth-order valence-corrected chi connectivity index (χ4v) is 3.48. The van der Waals surface area contributed by atoms with Crippen molar-refractivity contribution in [1.82, 2.24) is 0 Å². The predicted molar refractivity (Wildman–Crippen MR) is 52.2 cm³/mol. The average molecular weight is 203 g/mol. The van der Waals surface area contributed by atoms with E-state index in [1.807, 2.05) is 0 Å². The van der Waals surface area contributed by atoms with E-state index in [1.165, 1.54) is 0 Å². The summed E-state index contributed by atoms with van der Waals surface area (Å²) in [4.78, 5) is 0. The van der Waals surface area contributed by atoms with Gasteiger partial charge in [-0.25, -0.2) is 8.78 Å². The highest BCUT2D eigenvalue weighted by Gasteiger charge is 2.47. The van der Waals surface area contributed by atoms with Crippen molar-refractivity contribution in [2.75, 3.05) is 6.54 Å². The van der Waals surface area contributed by atoms with Gasteiger partial charge in [-0.3, -0.25) is 0 Å². The Morgan fingerprint density at radius 3 is 2.21 bits per heavy atom. The fourth-order valence-electron chi connectivity index (χ4n) is 3.48. The second kappa shape index (κ2) is 3.76. The van der Waals surface area contributed by atoms with Crippen LogP contribution >= 0.6 is 0 Å². The lowest BCUT2D eigenvalue weighted by molar-refractivity contribution is -0.110. The highest BCUT2D eigenvalue weighted by molar-refractivity contribution is 4.93. The van der Waals surface area contributed by atoms with Gasteiger partial charge in [-0.05, 0) is 43.6 Å². The Labute approximate surface area is 84.0 Å². The summed E-state index contributed by atoms with van der Waals surface area (Å²) in [7, 11) is 0. The smallest absolute Gasteiger partial charge is 0.248 e. The molecular formula is C11H19F2N. The first-order valence-corrected chi connectivity index (χ1v) is 5.70. The van der Waals surface area contributed by atoms with Crippen LogP contribution in [0.1, 0.15) is 38.5 Å². The van der Waals surface area contributed by atoms with Gasteiger partial charge >= 0.3 is 0 Å². The third kappa shape index (κ3) is 1.92. The Bertz CT molecular complexity index is 189. The second-order valence-electron chi connectivity index (χ2n) is 4.96. The minimum Gasteiger partial charge on any atom is -0.330 e. The van der Waals surface area contributed by atoms with Crippen LogP contribution in [0.25, 0.3) is 0 Å². The molecule has 1 nitrogen and oxygen atoms in total. The Kier molecular flexibility index (Phi) is 2.78. The lowest BCUT2D eigenvalue weighted by Gasteiger charge is -2.45. The van der Waals surface area contributed by atoms with Gasteiger partial charge < -0.3 is 5.73 Å². The van der Waals surface area contributed by atoms with Crippen LogP contribution in [0.4, 0.5) is 8.78 Å². The SMILES string of the molecule is NCCC1C2CCCC1CC(F)(F)C2. The first-order valence-electron chi connectivity index (χ1n) is 5.70. The van der Waals surface area contributed by atoms with Crippen molar-refractivity contribution in [2.45, 2.75) is 44.4 Å². The predicted octanol–water partition coefficient (Wildman–Crippen LogP) is 2.80. The van der Waals surface area contributed by atoms with Gasteiger partial charge in [-0.2, -0.15) is 0 Å². The zero-order chi connectivity index (χ0) is 10.2. The van der Waals surface area contributed by atoms with Crippen LogP contribution in [0.2, 0.25) is 0 Å². The molecule has 0 heterocycles. The van der Waals surface area contributed by atoms with E-state index in [9.17, 15) is 8.78 Å². The van der Waals surface area contributed by atoms with Gasteiger partial charge in [0, 0.05) is 12.8 Å². The molecule has 2 fully saturated rings. The Hall–Kier alpha value is -0.180. The third-order valence-electron chi connectivity index (χ3n) is 3.98. The number of hydrogen-bond acceptors (Lipinski definition) is 1. The molecule has 0 aromatic rings. The van der Waals surface area contributed by atoms with Crippen LogP contribution in [0, 0.1) is 17.8 Å². The molecule has 2 bridgehead atoms. The largest absolute Gasteiger partial charge is 0.330 e. The molecule has 0 amide bonds. The van der Waals surface area contributed by atoms with Gasteiger partial charge in [0.25, 0.3) is 0 Å². The molecular weight excluding hydrogens is 184 g/mol. The molecule has 2 aliphatic carbocycles. The maximum Gasteiger partial charge on any atom is 0.248 e. The molecule has 2 saturated carbocycles. The van der Waals surface area contributed by atoms with Crippen LogP contribution in [0.15, 0.2) is 0 Å². The van der Waals surface area contributed by atoms with Crippen molar-refractivity contribution in [3.8, 4) is 0 Å². The summed E-state index contributed by atoms with van der Waals surface area (Å²) in [5.41, 5.74) is 5.54. The van der Waals surface area contributed by atoms with E-state index in [0.29, 0.717) is 12.5 Å². The average Bonchev–Trinajstić information content (AvgIpc) is 2.06. The highest BCUT2D eigenvalue weighted by atomic mass is 19.3. The lowest BCUT2D eigenvalue weighted by atomic mass is 9.62. The standard InChI is InChI=1S/C11H19F2N/c12-11(13)6-8-2-1-3-9(7-11)10(8)4-5-14/h8-10H,1-7,14H2. The van der Waals surface area contributed by atoms with Gasteiger partial charge in [-0.15, -0.1) is 0 Å².